The number of rotatable bonds is 2. The van der Waals surface area contributed by atoms with Crippen LogP contribution in [0.3, 0.4) is 0 Å². The molecule has 2 rings (SSSR count). The third kappa shape index (κ3) is 3.01. The summed E-state index contributed by atoms with van der Waals surface area (Å²) < 4.78 is 10.6. The van der Waals surface area contributed by atoms with Gasteiger partial charge in [-0.15, -0.1) is 11.3 Å². The molecule has 1 unspecified atom stereocenters. The smallest absolute Gasteiger partial charge is 0.350 e. The fourth-order valence-electron chi connectivity index (χ4n) is 2.42. The highest BCUT2D eigenvalue weighted by atomic mass is 32.1. The van der Waals surface area contributed by atoms with Crippen LogP contribution in [0.1, 0.15) is 30.4 Å². The van der Waals surface area contributed by atoms with Crippen molar-refractivity contribution in [3.8, 4) is 0 Å². The first-order valence-corrected chi connectivity index (χ1v) is 7.04. The van der Waals surface area contributed by atoms with E-state index in [0.717, 1.165) is 18.1 Å². The number of methoxy groups -OCH3 is 1. The molecule has 0 aliphatic carbocycles. The zero-order chi connectivity index (χ0) is 14.2. The summed E-state index contributed by atoms with van der Waals surface area (Å²) in [5.41, 5.74) is 6.15. The number of hydrogen-bond donors (Lipinski definition) is 1. The molecule has 0 aromatic carbocycles. The van der Waals surface area contributed by atoms with Gasteiger partial charge in [0.1, 0.15) is 4.88 Å². The van der Waals surface area contributed by atoms with Crippen molar-refractivity contribution in [1.82, 2.24) is 0 Å². The minimum absolute atomic E-state index is 0.147. The van der Waals surface area contributed by atoms with Crippen molar-refractivity contribution in [3.05, 3.63) is 10.9 Å². The molecule has 0 spiro atoms. The van der Waals surface area contributed by atoms with Gasteiger partial charge in [0.2, 0.25) is 0 Å². The normalized spacial score (nSPS) is 22.3. The number of nitrogens with two attached hydrogens (primary N) is 1. The summed E-state index contributed by atoms with van der Waals surface area (Å²) in [4.78, 5) is 14.3. The average Bonchev–Trinajstić information content (AvgIpc) is 2.68. The van der Waals surface area contributed by atoms with E-state index in [1.54, 1.807) is 0 Å². The van der Waals surface area contributed by atoms with E-state index in [4.69, 9.17) is 15.2 Å². The average molecular weight is 284 g/mol. The molecule has 6 heteroatoms. The van der Waals surface area contributed by atoms with E-state index < -0.39 is 0 Å². The number of carbonyl (C=O) groups is 1. The quantitative estimate of drug-likeness (QED) is 0.843. The van der Waals surface area contributed by atoms with E-state index >= 15 is 0 Å². The molecule has 1 saturated heterocycles. The zero-order valence-corrected chi connectivity index (χ0v) is 12.5. The van der Waals surface area contributed by atoms with Gasteiger partial charge in [-0.25, -0.2) is 4.79 Å². The third-order valence-electron chi connectivity index (χ3n) is 3.00. The molecule has 1 aromatic heterocycles. The van der Waals surface area contributed by atoms with Gasteiger partial charge in [0.05, 0.1) is 29.5 Å². The van der Waals surface area contributed by atoms with E-state index in [2.05, 4.69) is 18.7 Å². The Morgan fingerprint density at radius 3 is 2.89 bits per heavy atom. The van der Waals surface area contributed by atoms with Crippen molar-refractivity contribution >= 4 is 28.0 Å². The number of thiophene rings is 1. The molecule has 5 nitrogen and oxygen atoms in total. The maximum atomic E-state index is 11.6. The largest absolute Gasteiger partial charge is 0.465 e. The van der Waals surface area contributed by atoms with E-state index in [9.17, 15) is 4.79 Å². The van der Waals surface area contributed by atoms with Gasteiger partial charge in [0.15, 0.2) is 0 Å². The monoisotopic (exact) mass is 284 g/mol. The molecular formula is C13H20N2O3S. The lowest BCUT2D eigenvalue weighted by Crippen LogP contribution is -2.51. The molecule has 1 aliphatic heterocycles. The Kier molecular flexibility index (Phi) is 3.73. The van der Waals surface area contributed by atoms with Crippen molar-refractivity contribution in [1.29, 1.82) is 0 Å². The van der Waals surface area contributed by atoms with Crippen LogP contribution in [-0.4, -0.2) is 37.9 Å². The number of ether oxygens (including phenoxy) is 2. The highest BCUT2D eigenvalue weighted by Gasteiger charge is 2.32. The first-order chi connectivity index (χ1) is 8.82. The van der Waals surface area contributed by atoms with Crippen molar-refractivity contribution in [3.63, 3.8) is 0 Å². The molecule has 1 atom stereocenters. The Bertz CT molecular complexity index is 484. The fraction of sp³-hybridized carbons (Fsp3) is 0.615. The Hall–Kier alpha value is -1.27. The van der Waals surface area contributed by atoms with Gasteiger partial charge >= 0.3 is 5.97 Å². The summed E-state index contributed by atoms with van der Waals surface area (Å²) in [6.07, 6.45) is 0.147. The molecule has 0 radical (unpaired) electrons. The fourth-order valence-corrected chi connectivity index (χ4v) is 3.43. The van der Waals surface area contributed by atoms with Crippen LogP contribution in [0.4, 0.5) is 10.7 Å². The molecular weight excluding hydrogens is 264 g/mol. The topological polar surface area (TPSA) is 64.8 Å². The number of hydrogen-bond acceptors (Lipinski definition) is 6. The van der Waals surface area contributed by atoms with Gasteiger partial charge in [-0.2, -0.15) is 0 Å². The van der Waals surface area contributed by atoms with E-state index in [1.807, 2.05) is 13.0 Å². The SMILES string of the molecule is COC(=O)c1sc(N2CC(C)OC(C)(C)C2)cc1N. The number of morpholine rings is 1. The number of nitrogens with zero attached hydrogens (tertiary/aromatic N) is 1. The summed E-state index contributed by atoms with van der Waals surface area (Å²) in [5.74, 6) is -0.380. The lowest BCUT2D eigenvalue weighted by molar-refractivity contribution is -0.0748. The molecule has 0 saturated carbocycles. The number of carbonyl (C=O) groups excluding carboxylic acids is 1. The molecule has 1 fully saturated rings. The maximum absolute atomic E-state index is 11.6. The van der Waals surface area contributed by atoms with Crippen LogP contribution in [0.2, 0.25) is 0 Å². The van der Waals surface area contributed by atoms with Gasteiger partial charge in [-0.3, -0.25) is 0 Å². The standard InChI is InChI=1S/C13H20N2O3S/c1-8-6-15(7-13(2,3)18-8)10-5-9(14)11(19-10)12(16)17-4/h5,8H,6-7,14H2,1-4H3. The van der Waals surface area contributed by atoms with Crippen molar-refractivity contribution in [2.24, 2.45) is 0 Å². The lowest BCUT2D eigenvalue weighted by atomic mass is 10.1. The van der Waals surface area contributed by atoms with Crippen LogP contribution in [-0.2, 0) is 9.47 Å². The maximum Gasteiger partial charge on any atom is 0.350 e. The van der Waals surface area contributed by atoms with Crippen molar-refractivity contribution in [2.75, 3.05) is 30.8 Å². The second-order valence-corrected chi connectivity index (χ2v) is 6.46. The van der Waals surface area contributed by atoms with Crippen molar-refractivity contribution in [2.45, 2.75) is 32.5 Å². The van der Waals surface area contributed by atoms with Gasteiger partial charge < -0.3 is 20.1 Å². The van der Waals surface area contributed by atoms with Crippen LogP contribution in [0, 0.1) is 0 Å². The highest BCUT2D eigenvalue weighted by molar-refractivity contribution is 7.18. The van der Waals surface area contributed by atoms with E-state index in [1.165, 1.54) is 18.4 Å². The highest BCUT2D eigenvalue weighted by Crippen LogP contribution is 2.35. The summed E-state index contributed by atoms with van der Waals surface area (Å²) in [6, 6.07) is 1.84. The van der Waals surface area contributed by atoms with E-state index in [0.29, 0.717) is 10.6 Å². The molecule has 2 heterocycles. The zero-order valence-electron chi connectivity index (χ0n) is 11.7. The Balaban J connectivity index is 2.25. The summed E-state index contributed by atoms with van der Waals surface area (Å²) >= 11 is 1.37. The number of nitrogen functional groups attached to an aromatic ring is 1. The molecule has 19 heavy (non-hydrogen) atoms. The van der Waals surface area contributed by atoms with Gasteiger partial charge in [0, 0.05) is 13.1 Å². The van der Waals surface area contributed by atoms with Gasteiger partial charge in [-0.1, -0.05) is 0 Å². The van der Waals surface area contributed by atoms with Gasteiger partial charge in [0.25, 0.3) is 0 Å². The number of anilines is 2. The van der Waals surface area contributed by atoms with Crippen LogP contribution in [0.25, 0.3) is 0 Å². The first-order valence-electron chi connectivity index (χ1n) is 6.23. The molecule has 2 N–H and O–H groups in total. The summed E-state index contributed by atoms with van der Waals surface area (Å²) in [6.45, 7) is 7.75. The summed E-state index contributed by atoms with van der Waals surface area (Å²) in [7, 11) is 1.36. The molecule has 0 amide bonds. The first kappa shape index (κ1) is 14.1. The van der Waals surface area contributed by atoms with Crippen molar-refractivity contribution < 1.29 is 14.3 Å². The Morgan fingerprint density at radius 1 is 1.63 bits per heavy atom. The van der Waals surface area contributed by atoms with Crippen LogP contribution in [0.15, 0.2) is 6.07 Å². The Morgan fingerprint density at radius 2 is 2.32 bits per heavy atom. The predicted octanol–water partition coefficient (Wildman–Crippen LogP) is 2.12. The summed E-state index contributed by atoms with van der Waals surface area (Å²) in [5, 5.41) is 0.987. The molecule has 106 valence electrons. The van der Waals surface area contributed by atoms with Crippen LogP contribution in [0.5, 0.6) is 0 Å². The minimum atomic E-state index is -0.380. The van der Waals surface area contributed by atoms with Crippen LogP contribution < -0.4 is 10.6 Å². The number of esters is 1. The van der Waals surface area contributed by atoms with E-state index in [-0.39, 0.29) is 17.7 Å². The predicted molar refractivity (Wildman–Crippen MR) is 76.9 cm³/mol. The second-order valence-electron chi connectivity index (χ2n) is 5.43. The second kappa shape index (κ2) is 5.02. The molecule has 1 aliphatic rings. The third-order valence-corrected chi connectivity index (χ3v) is 4.19. The molecule has 1 aromatic rings. The minimum Gasteiger partial charge on any atom is -0.465 e. The lowest BCUT2D eigenvalue weighted by Gasteiger charge is -2.42. The van der Waals surface area contributed by atoms with Crippen LogP contribution >= 0.6 is 11.3 Å². The molecule has 0 bridgehead atoms. The Labute approximate surface area is 117 Å². The van der Waals surface area contributed by atoms with Gasteiger partial charge in [-0.05, 0) is 26.8 Å².